The van der Waals surface area contributed by atoms with E-state index in [0.29, 0.717) is 11.3 Å². The van der Waals surface area contributed by atoms with Gasteiger partial charge in [-0.3, -0.25) is 10.1 Å². The fourth-order valence-corrected chi connectivity index (χ4v) is 3.74. The molecule has 3 aromatic carbocycles. The van der Waals surface area contributed by atoms with Gasteiger partial charge in [-0.1, -0.05) is 60.7 Å². The molecule has 0 saturated heterocycles. The molecule has 3 radical (unpaired) electrons. The summed E-state index contributed by atoms with van der Waals surface area (Å²) in [5.74, 6) is 0.227. The maximum atomic E-state index is 11.8. The van der Waals surface area contributed by atoms with Crippen molar-refractivity contribution < 1.29 is 14.1 Å². The molecule has 28 heavy (non-hydrogen) atoms. The van der Waals surface area contributed by atoms with Crippen LogP contribution in [0.15, 0.2) is 72.8 Å². The molecular formula is C22H20NO4Si. The van der Waals surface area contributed by atoms with Crippen LogP contribution in [0.5, 0.6) is 5.75 Å². The Morgan fingerprint density at radius 1 is 0.964 bits per heavy atom. The second kappa shape index (κ2) is 8.82. The summed E-state index contributed by atoms with van der Waals surface area (Å²) >= 11 is 0. The molecule has 0 aliphatic rings. The van der Waals surface area contributed by atoms with Crippen molar-refractivity contribution in [2.75, 3.05) is 7.11 Å². The lowest BCUT2D eigenvalue weighted by Gasteiger charge is -2.28. The molecule has 1 atom stereocenters. The molecule has 1 unspecified atom stereocenters. The van der Waals surface area contributed by atoms with E-state index in [9.17, 15) is 10.1 Å². The summed E-state index contributed by atoms with van der Waals surface area (Å²) in [5, 5.41) is 11.8. The quantitative estimate of drug-likeness (QED) is 0.327. The van der Waals surface area contributed by atoms with Crippen LogP contribution in [0.4, 0.5) is 5.69 Å². The molecule has 0 aliphatic heterocycles. The average molecular weight is 390 g/mol. The van der Waals surface area contributed by atoms with Crippen molar-refractivity contribution in [3.8, 4) is 5.75 Å². The van der Waals surface area contributed by atoms with E-state index in [-0.39, 0.29) is 11.6 Å². The zero-order chi connectivity index (χ0) is 20.1. The predicted octanol–water partition coefficient (Wildman–Crippen LogP) is 4.89. The van der Waals surface area contributed by atoms with Crippen LogP contribution < -0.4 is 4.74 Å². The highest BCUT2D eigenvalue weighted by atomic mass is 28.2. The number of hydrogen-bond donors (Lipinski definition) is 0. The van der Waals surface area contributed by atoms with E-state index in [0.717, 1.165) is 16.7 Å². The molecule has 0 aliphatic carbocycles. The smallest absolute Gasteiger partial charge is 0.278 e. The molecular weight excluding hydrogens is 370 g/mol. The third kappa shape index (κ3) is 3.98. The molecule has 3 rings (SSSR count). The van der Waals surface area contributed by atoms with E-state index in [1.165, 1.54) is 13.2 Å². The third-order valence-electron chi connectivity index (χ3n) is 4.79. The van der Waals surface area contributed by atoms with Gasteiger partial charge in [-0.25, -0.2) is 0 Å². The van der Waals surface area contributed by atoms with Gasteiger partial charge in [-0.05, 0) is 29.7 Å². The largest absolute Gasteiger partial charge is 0.496 e. The second-order valence-electron chi connectivity index (χ2n) is 6.48. The molecule has 0 spiro atoms. The van der Waals surface area contributed by atoms with Gasteiger partial charge in [0.05, 0.1) is 29.8 Å². The lowest BCUT2D eigenvalue weighted by Crippen LogP contribution is -2.17. The van der Waals surface area contributed by atoms with Crippen LogP contribution in [0.3, 0.4) is 0 Å². The molecule has 5 nitrogen and oxygen atoms in total. The van der Waals surface area contributed by atoms with Gasteiger partial charge in [0.25, 0.3) is 5.69 Å². The van der Waals surface area contributed by atoms with E-state index in [1.54, 1.807) is 6.07 Å². The Labute approximate surface area is 167 Å². The first-order valence-electron chi connectivity index (χ1n) is 8.82. The van der Waals surface area contributed by atoms with Crippen molar-refractivity contribution in [2.24, 2.45) is 0 Å². The normalized spacial score (nSPS) is 12.0. The van der Waals surface area contributed by atoms with Crippen molar-refractivity contribution in [1.29, 1.82) is 0 Å². The van der Waals surface area contributed by atoms with Crippen LogP contribution in [0.2, 0.25) is 0 Å². The minimum atomic E-state index is -0.619. The highest BCUT2D eigenvalue weighted by Crippen LogP contribution is 2.43. The number of hydrogen-bond acceptors (Lipinski definition) is 4. The Bertz CT molecular complexity index is 908. The molecule has 0 amide bonds. The molecule has 6 heteroatoms. The van der Waals surface area contributed by atoms with E-state index in [1.807, 2.05) is 67.6 Å². The van der Waals surface area contributed by atoms with Gasteiger partial charge in [0.15, 0.2) is 0 Å². The first-order chi connectivity index (χ1) is 13.6. The zero-order valence-corrected chi connectivity index (χ0v) is 16.7. The molecule has 0 aromatic heterocycles. The first-order valence-corrected chi connectivity index (χ1v) is 9.22. The molecule has 0 N–H and O–H groups in total. The Kier molecular flexibility index (Phi) is 6.23. The minimum Gasteiger partial charge on any atom is -0.496 e. The zero-order valence-electron chi connectivity index (χ0n) is 15.7. The van der Waals surface area contributed by atoms with Gasteiger partial charge >= 0.3 is 0 Å². The number of aryl methyl sites for hydroxylation is 1. The number of nitro groups is 1. The number of nitro benzene ring substituents is 1. The highest BCUT2D eigenvalue weighted by molar-refractivity contribution is 5.98. The van der Waals surface area contributed by atoms with Crippen LogP contribution in [0, 0.1) is 17.0 Å². The van der Waals surface area contributed by atoms with Crippen LogP contribution >= 0.6 is 0 Å². The lowest BCUT2D eigenvalue weighted by atomic mass is 9.83. The summed E-state index contributed by atoms with van der Waals surface area (Å²) in [7, 11) is 4.70. The number of benzene rings is 3. The summed E-state index contributed by atoms with van der Waals surface area (Å²) in [4.78, 5) is 11.4. The van der Waals surface area contributed by atoms with Crippen molar-refractivity contribution in [3.63, 3.8) is 0 Å². The van der Waals surface area contributed by atoms with Gasteiger partial charge < -0.3 is 9.16 Å². The third-order valence-corrected chi connectivity index (χ3v) is 5.05. The van der Waals surface area contributed by atoms with Crippen molar-refractivity contribution in [3.05, 3.63) is 105 Å². The molecule has 0 bridgehead atoms. The van der Waals surface area contributed by atoms with Crippen LogP contribution in [0.1, 0.15) is 34.3 Å². The molecule has 0 saturated carbocycles. The van der Waals surface area contributed by atoms with Gasteiger partial charge in [0, 0.05) is 5.92 Å². The Hall–Kier alpha value is -2.96. The number of methoxy groups -OCH3 is 1. The lowest BCUT2D eigenvalue weighted by molar-refractivity contribution is -0.386. The second-order valence-corrected chi connectivity index (χ2v) is 6.71. The number of ether oxygens (including phenoxy) is 1. The van der Waals surface area contributed by atoms with Crippen LogP contribution in [-0.2, 0) is 4.43 Å². The van der Waals surface area contributed by atoms with Crippen molar-refractivity contribution >= 4 is 16.2 Å². The average Bonchev–Trinajstić information content (AvgIpc) is 2.72. The fraction of sp³-hybridized carbons (Fsp3) is 0.182. The van der Waals surface area contributed by atoms with Crippen LogP contribution in [-0.4, -0.2) is 22.5 Å². The molecule has 141 valence electrons. The number of rotatable bonds is 7. The van der Waals surface area contributed by atoms with Crippen LogP contribution in [0.25, 0.3) is 0 Å². The standard InChI is InChI=1S/C22H20NO4Si/c1-15-13-18(19(23(24)25)14-20(15)26-2)22(27-28)21(16-9-5-3-6-10-16)17-11-7-4-8-12-17/h3-14,21-22H,1-2H3. The summed E-state index contributed by atoms with van der Waals surface area (Å²) in [6.07, 6.45) is -0.619. The summed E-state index contributed by atoms with van der Waals surface area (Å²) < 4.78 is 11.0. The van der Waals surface area contributed by atoms with Crippen molar-refractivity contribution in [1.82, 2.24) is 0 Å². The minimum absolute atomic E-state index is 0.0393. The topological polar surface area (TPSA) is 61.6 Å². The Morgan fingerprint density at radius 2 is 1.50 bits per heavy atom. The SMILES string of the molecule is COc1cc([N+](=O)[O-])c(C(O[Si])C(c2ccccc2)c2ccccc2)cc1C. The van der Waals surface area contributed by atoms with Gasteiger partial charge in [-0.2, -0.15) is 0 Å². The Morgan fingerprint density at radius 3 is 1.93 bits per heavy atom. The van der Waals surface area contributed by atoms with Gasteiger partial charge in [0.1, 0.15) is 5.75 Å². The van der Waals surface area contributed by atoms with Crippen molar-refractivity contribution in [2.45, 2.75) is 18.9 Å². The maximum Gasteiger partial charge on any atom is 0.278 e. The number of nitrogens with zero attached hydrogens (tertiary/aromatic N) is 1. The van der Waals surface area contributed by atoms with E-state index < -0.39 is 11.0 Å². The first kappa shape index (κ1) is 19.8. The highest BCUT2D eigenvalue weighted by Gasteiger charge is 2.32. The summed E-state index contributed by atoms with van der Waals surface area (Å²) in [6, 6.07) is 22.9. The predicted molar refractivity (Wildman–Crippen MR) is 109 cm³/mol. The molecule has 0 fully saturated rings. The fourth-order valence-electron chi connectivity index (χ4n) is 3.48. The monoisotopic (exact) mass is 390 g/mol. The molecule has 0 heterocycles. The summed E-state index contributed by atoms with van der Waals surface area (Å²) in [6.45, 7) is 1.86. The van der Waals surface area contributed by atoms with Gasteiger partial charge in [0.2, 0.25) is 10.5 Å². The molecule has 3 aromatic rings. The van der Waals surface area contributed by atoms with E-state index in [2.05, 4.69) is 10.5 Å². The Balaban J connectivity index is 2.22. The van der Waals surface area contributed by atoms with E-state index in [4.69, 9.17) is 9.16 Å². The van der Waals surface area contributed by atoms with Gasteiger partial charge in [-0.15, -0.1) is 0 Å². The maximum absolute atomic E-state index is 11.8. The summed E-state index contributed by atoms with van der Waals surface area (Å²) in [5.41, 5.74) is 3.25. The van der Waals surface area contributed by atoms with E-state index >= 15 is 0 Å².